The van der Waals surface area contributed by atoms with Crippen LogP contribution in [0, 0.1) is 0 Å². The van der Waals surface area contributed by atoms with Gasteiger partial charge in [-0.25, -0.2) is 0 Å². The minimum Gasteiger partial charge on any atom is -0.462 e. The van der Waals surface area contributed by atoms with Crippen molar-refractivity contribution in [3.05, 3.63) is 72.9 Å². The van der Waals surface area contributed by atoms with Gasteiger partial charge in [0.25, 0.3) is 0 Å². The molecule has 6 heteroatoms. The number of rotatable bonds is 49. The number of ether oxygens (including phenoxy) is 3. The minimum absolute atomic E-state index is 0.0945. The van der Waals surface area contributed by atoms with Gasteiger partial charge < -0.3 is 14.2 Å². The van der Waals surface area contributed by atoms with E-state index in [1.54, 1.807) is 0 Å². The van der Waals surface area contributed by atoms with Crippen LogP contribution in [0.2, 0.25) is 0 Å². The van der Waals surface area contributed by atoms with E-state index >= 15 is 0 Å². The molecular weight excluding hydrogens is 805 g/mol. The van der Waals surface area contributed by atoms with Gasteiger partial charge in [-0.2, -0.15) is 0 Å². The monoisotopic (exact) mass is 907 g/mol. The molecule has 0 aliphatic heterocycles. The van der Waals surface area contributed by atoms with Crippen LogP contribution in [0.1, 0.15) is 265 Å². The van der Waals surface area contributed by atoms with Crippen molar-refractivity contribution in [1.82, 2.24) is 0 Å². The fraction of sp³-hybridized carbons (Fsp3) is 0.746. The van der Waals surface area contributed by atoms with E-state index in [1.807, 2.05) is 0 Å². The standard InChI is InChI=1S/C59H102O6/c1-4-7-10-13-16-19-22-24-26-28-29-31-33-35-38-40-43-46-49-52-58(61)64-55-56(65-59(62)53-50-47-44-41-36-21-18-15-12-9-6-3)54-63-57(60)51-48-45-42-39-37-34-32-30-27-25-23-20-17-14-11-8-5-2/h8,11,15,17-18,20,25,27,32,34,39,42,56H,4-7,9-10,12-14,16,19,21-24,26,28-31,33,35-38,40-41,43-55H2,1-3H3/b11-8-,18-15-,20-17-,27-25-,34-32-,42-39-/t56-/m1/s1. The molecule has 0 unspecified atom stereocenters. The van der Waals surface area contributed by atoms with Crippen molar-refractivity contribution < 1.29 is 28.6 Å². The quantitative estimate of drug-likeness (QED) is 0.0262. The lowest BCUT2D eigenvalue weighted by molar-refractivity contribution is -0.167. The Bertz CT molecular complexity index is 1230. The number of esters is 3. The molecule has 0 saturated carbocycles. The third-order valence-corrected chi connectivity index (χ3v) is 11.7. The summed E-state index contributed by atoms with van der Waals surface area (Å²) >= 11 is 0. The van der Waals surface area contributed by atoms with E-state index in [0.717, 1.165) is 89.9 Å². The zero-order chi connectivity index (χ0) is 47.2. The molecule has 0 aliphatic rings. The predicted molar refractivity (Wildman–Crippen MR) is 279 cm³/mol. The molecule has 0 aliphatic carbocycles. The maximum atomic E-state index is 12.8. The third-order valence-electron chi connectivity index (χ3n) is 11.7. The number of hydrogen-bond acceptors (Lipinski definition) is 6. The Morgan fingerprint density at radius 3 is 1.06 bits per heavy atom. The molecule has 0 bridgehead atoms. The van der Waals surface area contributed by atoms with Gasteiger partial charge in [-0.3, -0.25) is 14.4 Å². The highest BCUT2D eigenvalue weighted by atomic mass is 16.6. The van der Waals surface area contributed by atoms with Crippen molar-refractivity contribution >= 4 is 17.9 Å². The molecule has 6 nitrogen and oxygen atoms in total. The second-order valence-electron chi connectivity index (χ2n) is 18.1. The molecule has 0 spiro atoms. The Kier molecular flexibility index (Phi) is 50.9. The molecule has 65 heavy (non-hydrogen) atoms. The number of unbranched alkanes of at least 4 members (excludes halogenated alkanes) is 26. The minimum atomic E-state index is -0.800. The van der Waals surface area contributed by atoms with Crippen LogP contribution in [0.5, 0.6) is 0 Å². The van der Waals surface area contributed by atoms with Crippen molar-refractivity contribution in [2.75, 3.05) is 13.2 Å². The number of carbonyl (C=O) groups is 3. The summed E-state index contributed by atoms with van der Waals surface area (Å²) in [7, 11) is 0. The van der Waals surface area contributed by atoms with Gasteiger partial charge in [-0.1, -0.05) is 241 Å². The summed E-state index contributed by atoms with van der Waals surface area (Å²) in [6, 6.07) is 0. The number of carbonyl (C=O) groups excluding carboxylic acids is 3. The van der Waals surface area contributed by atoms with E-state index in [2.05, 4.69) is 93.7 Å². The van der Waals surface area contributed by atoms with E-state index in [-0.39, 0.29) is 37.5 Å². The summed E-state index contributed by atoms with van der Waals surface area (Å²) in [6.45, 7) is 6.45. The fourth-order valence-electron chi connectivity index (χ4n) is 7.58. The Morgan fingerprint density at radius 1 is 0.323 bits per heavy atom. The van der Waals surface area contributed by atoms with E-state index in [4.69, 9.17) is 14.2 Å². The molecule has 0 amide bonds. The fourth-order valence-corrected chi connectivity index (χ4v) is 7.58. The molecule has 0 fully saturated rings. The Balaban J connectivity index is 4.38. The van der Waals surface area contributed by atoms with Gasteiger partial charge in [0.2, 0.25) is 0 Å². The summed E-state index contributed by atoms with van der Waals surface area (Å²) in [5.41, 5.74) is 0. The zero-order valence-electron chi connectivity index (χ0n) is 42.7. The molecule has 0 rings (SSSR count). The maximum absolute atomic E-state index is 12.8. The molecule has 0 saturated heterocycles. The van der Waals surface area contributed by atoms with Gasteiger partial charge >= 0.3 is 17.9 Å². The van der Waals surface area contributed by atoms with Crippen molar-refractivity contribution in [2.45, 2.75) is 271 Å². The average molecular weight is 907 g/mol. The molecule has 0 aromatic rings. The third kappa shape index (κ3) is 51.7. The molecule has 374 valence electrons. The first-order chi connectivity index (χ1) is 32.0. The SMILES string of the molecule is CC/C=C\C/C=C\C/C=C\C/C=C\C/C=C\CCCC(=O)OC[C@H](COC(=O)CCCCCCCCCCCCCCCCCCCCC)OC(=O)CCCCCCC/C=C\CCCC. The second kappa shape index (κ2) is 53.5. The van der Waals surface area contributed by atoms with Gasteiger partial charge in [-0.15, -0.1) is 0 Å². The van der Waals surface area contributed by atoms with E-state index in [9.17, 15) is 14.4 Å². The van der Waals surface area contributed by atoms with Crippen LogP contribution in [-0.4, -0.2) is 37.2 Å². The van der Waals surface area contributed by atoms with E-state index < -0.39 is 6.10 Å². The van der Waals surface area contributed by atoms with Gasteiger partial charge in [0.1, 0.15) is 13.2 Å². The van der Waals surface area contributed by atoms with Crippen LogP contribution in [0.3, 0.4) is 0 Å². The highest BCUT2D eigenvalue weighted by Crippen LogP contribution is 2.16. The van der Waals surface area contributed by atoms with E-state index in [1.165, 1.54) is 128 Å². The first-order valence-electron chi connectivity index (χ1n) is 27.4. The number of allylic oxidation sites excluding steroid dienone is 12. The summed E-state index contributed by atoms with van der Waals surface area (Å²) in [6.07, 6.45) is 67.6. The lowest BCUT2D eigenvalue weighted by Gasteiger charge is -2.18. The van der Waals surface area contributed by atoms with Crippen LogP contribution in [0.4, 0.5) is 0 Å². The smallest absolute Gasteiger partial charge is 0.306 e. The maximum Gasteiger partial charge on any atom is 0.306 e. The van der Waals surface area contributed by atoms with Crippen molar-refractivity contribution in [3.8, 4) is 0 Å². The van der Waals surface area contributed by atoms with Crippen LogP contribution in [0.25, 0.3) is 0 Å². The Morgan fingerprint density at radius 2 is 0.631 bits per heavy atom. The van der Waals surface area contributed by atoms with Gasteiger partial charge in [0.05, 0.1) is 0 Å². The number of hydrogen-bond donors (Lipinski definition) is 0. The first-order valence-corrected chi connectivity index (χ1v) is 27.4. The normalized spacial score (nSPS) is 12.6. The molecule has 0 aromatic carbocycles. The summed E-state index contributed by atoms with van der Waals surface area (Å²) in [4.78, 5) is 38.0. The van der Waals surface area contributed by atoms with Crippen molar-refractivity contribution in [1.29, 1.82) is 0 Å². The average Bonchev–Trinajstić information content (AvgIpc) is 3.30. The topological polar surface area (TPSA) is 78.9 Å². The highest BCUT2D eigenvalue weighted by molar-refractivity contribution is 5.71. The van der Waals surface area contributed by atoms with E-state index in [0.29, 0.717) is 19.3 Å². The Labute approximate surface area is 402 Å². The summed E-state index contributed by atoms with van der Waals surface area (Å²) in [5.74, 6) is -0.959. The van der Waals surface area contributed by atoms with Crippen LogP contribution < -0.4 is 0 Å². The molecule has 0 N–H and O–H groups in total. The summed E-state index contributed by atoms with van der Waals surface area (Å²) in [5, 5.41) is 0. The first kappa shape index (κ1) is 61.9. The molecule has 0 heterocycles. The predicted octanol–water partition coefficient (Wildman–Crippen LogP) is 18.2. The molecule has 0 aromatic heterocycles. The molecule has 1 atom stereocenters. The molecule has 0 radical (unpaired) electrons. The summed E-state index contributed by atoms with van der Waals surface area (Å²) < 4.78 is 16.8. The van der Waals surface area contributed by atoms with Gasteiger partial charge in [0, 0.05) is 19.3 Å². The van der Waals surface area contributed by atoms with Crippen molar-refractivity contribution in [3.63, 3.8) is 0 Å². The lowest BCUT2D eigenvalue weighted by Crippen LogP contribution is -2.30. The lowest BCUT2D eigenvalue weighted by atomic mass is 10.0. The van der Waals surface area contributed by atoms with Gasteiger partial charge in [-0.05, 0) is 77.0 Å². The second-order valence-corrected chi connectivity index (χ2v) is 18.1. The highest BCUT2D eigenvalue weighted by Gasteiger charge is 2.19. The van der Waals surface area contributed by atoms with Gasteiger partial charge in [0.15, 0.2) is 6.10 Å². The Hall–Kier alpha value is -3.15. The van der Waals surface area contributed by atoms with Crippen LogP contribution >= 0.6 is 0 Å². The van der Waals surface area contributed by atoms with Crippen LogP contribution in [-0.2, 0) is 28.6 Å². The molecular formula is C59H102O6. The van der Waals surface area contributed by atoms with Crippen molar-refractivity contribution in [2.24, 2.45) is 0 Å². The van der Waals surface area contributed by atoms with Crippen LogP contribution in [0.15, 0.2) is 72.9 Å². The largest absolute Gasteiger partial charge is 0.462 e. The zero-order valence-corrected chi connectivity index (χ0v) is 42.7.